The van der Waals surface area contributed by atoms with Crippen molar-refractivity contribution in [2.45, 2.75) is 6.92 Å². The number of ether oxygens (including phenoxy) is 5. The number of rotatable bonds is 9. The first kappa shape index (κ1) is 22.7. The molecule has 2 aromatic carbocycles. The molecule has 0 saturated carbocycles. The van der Waals surface area contributed by atoms with Gasteiger partial charge < -0.3 is 23.7 Å². The summed E-state index contributed by atoms with van der Waals surface area (Å²) < 4.78 is 27.2. The maximum absolute atomic E-state index is 12.9. The van der Waals surface area contributed by atoms with Gasteiger partial charge in [0.05, 0.1) is 39.2 Å². The van der Waals surface area contributed by atoms with E-state index in [-0.39, 0.29) is 5.56 Å². The first-order valence-electron chi connectivity index (χ1n) is 9.97. The highest BCUT2D eigenvalue weighted by atomic mass is 16.6. The minimum atomic E-state index is -0.581. The van der Waals surface area contributed by atoms with E-state index in [1.165, 1.54) is 33.5 Å². The molecule has 0 fully saturated rings. The highest BCUT2D eigenvalue weighted by Crippen LogP contribution is 2.39. The van der Waals surface area contributed by atoms with E-state index in [2.05, 4.69) is 4.98 Å². The Kier molecular flexibility index (Phi) is 7.70. The largest absolute Gasteiger partial charge is 0.493 e. The third-order valence-corrected chi connectivity index (χ3v) is 4.51. The molecular formula is C25H25NO6. The monoisotopic (exact) mass is 435 g/mol. The van der Waals surface area contributed by atoms with Crippen LogP contribution in [0.2, 0.25) is 0 Å². The molecule has 32 heavy (non-hydrogen) atoms. The molecule has 0 aliphatic heterocycles. The summed E-state index contributed by atoms with van der Waals surface area (Å²) in [6.07, 6.45) is 5.54. The summed E-state index contributed by atoms with van der Waals surface area (Å²) in [7, 11) is 4.46. The van der Waals surface area contributed by atoms with Gasteiger partial charge in [-0.05, 0) is 55.0 Å². The number of aromatic nitrogens is 1. The molecule has 0 amide bonds. The molecule has 0 unspecified atom stereocenters. The topological polar surface area (TPSA) is 76.1 Å². The molecule has 0 aliphatic rings. The molecule has 1 heterocycles. The third kappa shape index (κ3) is 5.37. The minimum Gasteiger partial charge on any atom is -0.493 e. The van der Waals surface area contributed by atoms with Crippen LogP contribution >= 0.6 is 0 Å². The Morgan fingerprint density at radius 3 is 2.22 bits per heavy atom. The summed E-state index contributed by atoms with van der Waals surface area (Å²) >= 11 is 0. The van der Waals surface area contributed by atoms with Gasteiger partial charge in [-0.1, -0.05) is 18.2 Å². The van der Waals surface area contributed by atoms with E-state index in [0.717, 1.165) is 11.3 Å². The van der Waals surface area contributed by atoms with Crippen LogP contribution < -0.4 is 23.7 Å². The highest BCUT2D eigenvalue weighted by Gasteiger charge is 2.19. The van der Waals surface area contributed by atoms with Crippen molar-refractivity contribution in [2.75, 3.05) is 27.9 Å². The highest BCUT2D eigenvalue weighted by molar-refractivity contribution is 5.93. The SMILES string of the molecule is CCOc1cc(/C=C/c2ccccn2)ccc1OC(=O)c1cc(OC)c(OC)c(OC)c1. The van der Waals surface area contributed by atoms with Crippen LogP contribution in [0.4, 0.5) is 0 Å². The van der Waals surface area contributed by atoms with E-state index in [9.17, 15) is 4.79 Å². The number of esters is 1. The lowest BCUT2D eigenvalue weighted by atomic mass is 10.1. The van der Waals surface area contributed by atoms with Crippen molar-refractivity contribution < 1.29 is 28.5 Å². The molecule has 1 aromatic heterocycles. The number of pyridine rings is 1. The van der Waals surface area contributed by atoms with Gasteiger partial charge in [-0.25, -0.2) is 4.79 Å². The van der Waals surface area contributed by atoms with Gasteiger partial charge in [0.15, 0.2) is 23.0 Å². The first-order valence-corrected chi connectivity index (χ1v) is 9.97. The zero-order chi connectivity index (χ0) is 22.9. The Balaban J connectivity index is 1.86. The molecule has 0 aliphatic carbocycles. The summed E-state index contributed by atoms with van der Waals surface area (Å²) in [5.74, 6) is 1.29. The minimum absolute atomic E-state index is 0.251. The van der Waals surface area contributed by atoms with Crippen molar-refractivity contribution in [1.29, 1.82) is 0 Å². The lowest BCUT2D eigenvalue weighted by molar-refractivity contribution is 0.0727. The van der Waals surface area contributed by atoms with E-state index in [1.807, 2.05) is 43.3 Å². The standard InChI is InChI=1S/C25H25NO6/c1-5-31-21-14-17(9-11-19-8-6-7-13-26-19)10-12-20(21)32-25(27)18-15-22(28-2)24(30-4)23(16-18)29-3/h6-16H,5H2,1-4H3/b11-9+. The number of carbonyl (C=O) groups excluding carboxylic acids is 1. The Bertz CT molecular complexity index is 1070. The Morgan fingerprint density at radius 1 is 0.875 bits per heavy atom. The number of hydrogen-bond donors (Lipinski definition) is 0. The molecule has 0 radical (unpaired) electrons. The average Bonchev–Trinajstić information content (AvgIpc) is 2.83. The van der Waals surface area contributed by atoms with E-state index in [4.69, 9.17) is 23.7 Å². The van der Waals surface area contributed by atoms with Gasteiger partial charge in [-0.15, -0.1) is 0 Å². The lowest BCUT2D eigenvalue weighted by Crippen LogP contribution is -2.11. The molecule has 0 bridgehead atoms. The Morgan fingerprint density at radius 2 is 1.62 bits per heavy atom. The van der Waals surface area contributed by atoms with Crippen LogP contribution in [0.1, 0.15) is 28.5 Å². The normalized spacial score (nSPS) is 10.6. The second kappa shape index (κ2) is 10.9. The van der Waals surface area contributed by atoms with Crippen molar-refractivity contribution in [2.24, 2.45) is 0 Å². The van der Waals surface area contributed by atoms with E-state index < -0.39 is 5.97 Å². The van der Waals surface area contributed by atoms with Crippen LogP contribution in [0.5, 0.6) is 28.7 Å². The smallest absolute Gasteiger partial charge is 0.343 e. The predicted molar refractivity (Wildman–Crippen MR) is 122 cm³/mol. The third-order valence-electron chi connectivity index (χ3n) is 4.51. The van der Waals surface area contributed by atoms with Crippen LogP contribution in [-0.4, -0.2) is 38.9 Å². The zero-order valence-electron chi connectivity index (χ0n) is 18.5. The van der Waals surface area contributed by atoms with Crippen LogP contribution in [0.15, 0.2) is 54.7 Å². The summed E-state index contributed by atoms with van der Waals surface area (Å²) in [4.78, 5) is 17.1. The second-order valence-electron chi connectivity index (χ2n) is 6.53. The molecule has 0 saturated heterocycles. The van der Waals surface area contributed by atoms with Crippen molar-refractivity contribution in [3.8, 4) is 28.7 Å². The van der Waals surface area contributed by atoms with E-state index in [1.54, 1.807) is 18.3 Å². The molecule has 7 nitrogen and oxygen atoms in total. The second-order valence-corrected chi connectivity index (χ2v) is 6.53. The zero-order valence-corrected chi connectivity index (χ0v) is 18.5. The van der Waals surface area contributed by atoms with E-state index in [0.29, 0.717) is 35.4 Å². The van der Waals surface area contributed by atoms with Crippen molar-refractivity contribution in [3.05, 3.63) is 71.5 Å². The number of carbonyl (C=O) groups is 1. The van der Waals surface area contributed by atoms with Gasteiger partial charge in [0, 0.05) is 6.20 Å². The summed E-state index contributed by atoms with van der Waals surface area (Å²) in [6, 6.07) is 14.1. The first-order chi connectivity index (χ1) is 15.6. The quantitative estimate of drug-likeness (QED) is 0.350. The summed E-state index contributed by atoms with van der Waals surface area (Å²) in [5, 5.41) is 0. The number of hydrogen-bond acceptors (Lipinski definition) is 7. The molecule has 3 aromatic rings. The summed E-state index contributed by atoms with van der Waals surface area (Å²) in [6.45, 7) is 2.28. The predicted octanol–water partition coefficient (Wildman–Crippen LogP) is 4.90. The molecule has 7 heteroatoms. The van der Waals surface area contributed by atoms with Crippen LogP contribution in [-0.2, 0) is 0 Å². The number of methoxy groups -OCH3 is 3. The van der Waals surface area contributed by atoms with Crippen molar-refractivity contribution in [1.82, 2.24) is 4.98 Å². The van der Waals surface area contributed by atoms with E-state index >= 15 is 0 Å². The van der Waals surface area contributed by atoms with Gasteiger partial charge in [0.2, 0.25) is 5.75 Å². The van der Waals surface area contributed by atoms with Crippen LogP contribution in [0, 0.1) is 0 Å². The van der Waals surface area contributed by atoms with Gasteiger partial charge in [0.25, 0.3) is 0 Å². The van der Waals surface area contributed by atoms with Crippen LogP contribution in [0.3, 0.4) is 0 Å². The Hall–Kier alpha value is -4.00. The molecule has 0 atom stereocenters. The molecule has 0 spiro atoms. The van der Waals surface area contributed by atoms with Crippen molar-refractivity contribution in [3.63, 3.8) is 0 Å². The van der Waals surface area contributed by atoms with Crippen LogP contribution in [0.25, 0.3) is 12.2 Å². The molecular weight excluding hydrogens is 410 g/mol. The fourth-order valence-electron chi connectivity index (χ4n) is 2.99. The van der Waals surface area contributed by atoms with Gasteiger partial charge in [-0.2, -0.15) is 0 Å². The maximum atomic E-state index is 12.9. The fraction of sp³-hybridized carbons (Fsp3) is 0.200. The summed E-state index contributed by atoms with van der Waals surface area (Å²) in [5.41, 5.74) is 1.97. The molecule has 166 valence electrons. The maximum Gasteiger partial charge on any atom is 0.343 e. The fourth-order valence-corrected chi connectivity index (χ4v) is 2.99. The number of benzene rings is 2. The Labute approximate surface area is 187 Å². The van der Waals surface area contributed by atoms with Gasteiger partial charge in [0.1, 0.15) is 0 Å². The molecule has 3 rings (SSSR count). The van der Waals surface area contributed by atoms with Gasteiger partial charge in [-0.3, -0.25) is 4.98 Å². The van der Waals surface area contributed by atoms with Gasteiger partial charge >= 0.3 is 5.97 Å². The van der Waals surface area contributed by atoms with Crippen molar-refractivity contribution >= 4 is 18.1 Å². The lowest BCUT2D eigenvalue weighted by Gasteiger charge is -2.15. The average molecular weight is 435 g/mol. The molecule has 0 N–H and O–H groups in total. The number of nitrogens with zero attached hydrogens (tertiary/aromatic N) is 1.